The molecular formula is C20H22N2O7. The first-order chi connectivity index (χ1) is 13.8. The highest BCUT2D eigenvalue weighted by Crippen LogP contribution is 2.34. The van der Waals surface area contributed by atoms with Crippen LogP contribution in [0.1, 0.15) is 36.3 Å². The number of hydrogen-bond donors (Lipinski definition) is 2. The van der Waals surface area contributed by atoms with Crippen LogP contribution in [0.5, 0.6) is 5.75 Å². The predicted octanol–water partition coefficient (Wildman–Crippen LogP) is 1.11. The van der Waals surface area contributed by atoms with Crippen molar-refractivity contribution >= 4 is 17.0 Å². The zero-order valence-electron chi connectivity index (χ0n) is 16.3. The molecule has 2 aromatic heterocycles. The number of ether oxygens (including phenoxy) is 1. The molecule has 0 spiro atoms. The Morgan fingerprint density at radius 1 is 1.17 bits per heavy atom. The van der Waals surface area contributed by atoms with Gasteiger partial charge in [-0.2, -0.15) is 0 Å². The van der Waals surface area contributed by atoms with Crippen molar-refractivity contribution in [1.82, 2.24) is 9.13 Å². The van der Waals surface area contributed by atoms with Gasteiger partial charge in [0.05, 0.1) is 30.0 Å². The summed E-state index contributed by atoms with van der Waals surface area (Å²) in [5.41, 5.74) is 0.906. The Morgan fingerprint density at radius 2 is 1.86 bits per heavy atom. The number of nitrogens with zero attached hydrogens (tertiary/aromatic N) is 2. The van der Waals surface area contributed by atoms with Crippen LogP contribution in [0.15, 0.2) is 38.3 Å². The third kappa shape index (κ3) is 3.68. The van der Waals surface area contributed by atoms with Crippen LogP contribution in [-0.4, -0.2) is 31.9 Å². The van der Waals surface area contributed by atoms with Crippen molar-refractivity contribution in [2.75, 3.05) is 6.61 Å². The number of rotatable bonds is 6. The number of aliphatic hydroxyl groups excluding tert-OH is 1. The van der Waals surface area contributed by atoms with Gasteiger partial charge in [-0.1, -0.05) is 6.07 Å². The fourth-order valence-corrected chi connectivity index (χ4v) is 3.36. The van der Waals surface area contributed by atoms with Gasteiger partial charge in [0.25, 0.3) is 0 Å². The van der Waals surface area contributed by atoms with E-state index < -0.39 is 29.7 Å². The number of benzene rings is 1. The molecule has 9 nitrogen and oxygen atoms in total. The summed E-state index contributed by atoms with van der Waals surface area (Å²) in [6.07, 6.45) is -0.203. The Labute approximate surface area is 165 Å². The molecule has 1 unspecified atom stereocenters. The van der Waals surface area contributed by atoms with Gasteiger partial charge in [0, 0.05) is 20.2 Å². The number of imidazole rings is 1. The highest BCUT2D eigenvalue weighted by atomic mass is 16.5. The van der Waals surface area contributed by atoms with Crippen molar-refractivity contribution < 1.29 is 24.2 Å². The predicted molar refractivity (Wildman–Crippen MR) is 104 cm³/mol. The number of aromatic nitrogens is 2. The van der Waals surface area contributed by atoms with Crippen molar-refractivity contribution in [2.24, 2.45) is 14.1 Å². The smallest absolute Gasteiger partial charge is 0.328 e. The summed E-state index contributed by atoms with van der Waals surface area (Å²) in [6, 6.07) is 6.10. The highest BCUT2D eigenvalue weighted by Gasteiger charge is 2.27. The summed E-state index contributed by atoms with van der Waals surface area (Å²) in [4.78, 5) is 36.5. The van der Waals surface area contributed by atoms with Crippen molar-refractivity contribution in [1.29, 1.82) is 0 Å². The fourth-order valence-electron chi connectivity index (χ4n) is 3.36. The van der Waals surface area contributed by atoms with Crippen LogP contribution >= 0.6 is 0 Å². The van der Waals surface area contributed by atoms with E-state index in [1.165, 1.54) is 9.13 Å². The summed E-state index contributed by atoms with van der Waals surface area (Å²) < 4.78 is 13.5. The maximum Gasteiger partial charge on any atom is 0.328 e. The van der Waals surface area contributed by atoms with Crippen LogP contribution in [0.3, 0.4) is 0 Å². The third-order valence-corrected chi connectivity index (χ3v) is 4.85. The summed E-state index contributed by atoms with van der Waals surface area (Å²) >= 11 is 0. The first-order valence-electron chi connectivity index (χ1n) is 9.06. The first kappa shape index (κ1) is 20.4. The molecule has 3 rings (SSSR count). The van der Waals surface area contributed by atoms with Crippen LogP contribution in [0.4, 0.5) is 0 Å². The maximum absolute atomic E-state index is 12.2. The van der Waals surface area contributed by atoms with E-state index in [0.717, 1.165) is 6.07 Å². The number of fused-ring (bicyclic) bond motifs is 1. The van der Waals surface area contributed by atoms with E-state index in [0.29, 0.717) is 16.6 Å². The van der Waals surface area contributed by atoms with E-state index in [1.54, 1.807) is 39.2 Å². The van der Waals surface area contributed by atoms with Gasteiger partial charge < -0.3 is 19.4 Å². The molecule has 0 amide bonds. The van der Waals surface area contributed by atoms with Crippen molar-refractivity contribution in [3.63, 3.8) is 0 Å². The largest absolute Gasteiger partial charge is 0.502 e. The molecule has 0 saturated heterocycles. The Hall–Kier alpha value is -3.33. The topological polar surface area (TPSA) is 124 Å². The number of carbonyl (C=O) groups is 1. The molecule has 0 aliphatic carbocycles. The summed E-state index contributed by atoms with van der Waals surface area (Å²) in [5, 5.41) is 19.7. The van der Waals surface area contributed by atoms with Gasteiger partial charge in [0.2, 0.25) is 11.2 Å². The minimum atomic E-state index is -0.854. The second-order valence-electron chi connectivity index (χ2n) is 6.66. The Bertz CT molecular complexity index is 1190. The van der Waals surface area contributed by atoms with Crippen LogP contribution in [0.2, 0.25) is 0 Å². The molecular weight excluding hydrogens is 380 g/mol. The second kappa shape index (κ2) is 7.96. The molecule has 2 N–H and O–H groups in total. The van der Waals surface area contributed by atoms with Gasteiger partial charge in [0.1, 0.15) is 12.4 Å². The molecule has 1 aromatic carbocycles. The van der Waals surface area contributed by atoms with Crippen LogP contribution < -0.4 is 11.1 Å². The molecule has 2 heterocycles. The van der Waals surface area contributed by atoms with Crippen molar-refractivity contribution in [3.05, 3.63) is 62.1 Å². The molecule has 0 fully saturated rings. The molecule has 0 aliphatic heterocycles. The van der Waals surface area contributed by atoms with Gasteiger partial charge in [-0.25, -0.2) is 4.79 Å². The highest BCUT2D eigenvalue weighted by molar-refractivity contribution is 5.78. The normalized spacial score (nSPS) is 12.3. The quantitative estimate of drug-likeness (QED) is 0.592. The first-order valence-corrected chi connectivity index (χ1v) is 9.06. The SMILES string of the molecule is CCOC(=O)CC(c1ccc2c(c1)n(C)c(=O)n2C)c1oc(CO)cc(=O)c1O. The number of carbonyl (C=O) groups excluding carboxylic acids is 1. The van der Waals surface area contributed by atoms with E-state index in [2.05, 4.69) is 0 Å². The van der Waals surface area contributed by atoms with E-state index in [9.17, 15) is 24.6 Å². The van der Waals surface area contributed by atoms with E-state index in [-0.39, 0.29) is 30.2 Å². The average Bonchev–Trinajstić information content (AvgIpc) is 2.92. The number of esters is 1. The van der Waals surface area contributed by atoms with E-state index in [4.69, 9.17) is 9.15 Å². The molecule has 3 aromatic rings. The van der Waals surface area contributed by atoms with Crippen molar-refractivity contribution in [2.45, 2.75) is 25.9 Å². The van der Waals surface area contributed by atoms with Crippen LogP contribution in [0.25, 0.3) is 11.0 Å². The van der Waals surface area contributed by atoms with Gasteiger partial charge in [-0.3, -0.25) is 18.7 Å². The summed E-state index contributed by atoms with van der Waals surface area (Å²) in [5.74, 6) is -2.22. The number of hydrogen-bond acceptors (Lipinski definition) is 7. The van der Waals surface area contributed by atoms with Gasteiger partial charge in [-0.15, -0.1) is 0 Å². The fraction of sp³-hybridized carbons (Fsp3) is 0.350. The summed E-state index contributed by atoms with van der Waals surface area (Å²) in [7, 11) is 3.27. The number of aliphatic hydroxyl groups is 1. The van der Waals surface area contributed by atoms with Gasteiger partial charge >= 0.3 is 11.7 Å². The molecule has 154 valence electrons. The van der Waals surface area contributed by atoms with E-state index >= 15 is 0 Å². The lowest BCUT2D eigenvalue weighted by molar-refractivity contribution is -0.143. The third-order valence-electron chi connectivity index (χ3n) is 4.85. The zero-order valence-corrected chi connectivity index (χ0v) is 16.3. The van der Waals surface area contributed by atoms with Gasteiger partial charge in [-0.05, 0) is 24.6 Å². The minimum absolute atomic E-state index is 0.0372. The van der Waals surface area contributed by atoms with Gasteiger partial charge in [0.15, 0.2) is 5.76 Å². The zero-order chi connectivity index (χ0) is 21.3. The molecule has 0 saturated carbocycles. The Morgan fingerprint density at radius 3 is 2.52 bits per heavy atom. The van der Waals surface area contributed by atoms with Crippen molar-refractivity contribution in [3.8, 4) is 5.75 Å². The molecule has 0 aliphatic rings. The Kier molecular flexibility index (Phi) is 5.60. The summed E-state index contributed by atoms with van der Waals surface area (Å²) in [6.45, 7) is 1.30. The number of aryl methyl sites for hydroxylation is 2. The van der Waals surface area contributed by atoms with E-state index in [1.807, 2.05) is 0 Å². The molecule has 1 atom stereocenters. The standard InChI is InChI=1S/C20H22N2O7/c1-4-28-17(25)9-13(19-18(26)16(24)8-12(10-23)29-19)11-5-6-14-15(7-11)22(3)20(27)21(14)2/h5-8,13,23,26H,4,9-10H2,1-3H3. The minimum Gasteiger partial charge on any atom is -0.502 e. The molecule has 9 heteroatoms. The maximum atomic E-state index is 12.2. The Balaban J connectivity index is 2.22. The van der Waals surface area contributed by atoms with Crippen LogP contribution in [-0.2, 0) is 30.2 Å². The van der Waals surface area contributed by atoms with Crippen LogP contribution in [0, 0.1) is 0 Å². The molecule has 29 heavy (non-hydrogen) atoms. The number of aromatic hydroxyl groups is 1. The average molecular weight is 402 g/mol. The lowest BCUT2D eigenvalue weighted by Crippen LogP contribution is -2.19. The lowest BCUT2D eigenvalue weighted by Gasteiger charge is -2.18. The molecule has 0 radical (unpaired) electrons. The molecule has 0 bridgehead atoms. The second-order valence-corrected chi connectivity index (χ2v) is 6.66. The monoisotopic (exact) mass is 402 g/mol. The lowest BCUT2D eigenvalue weighted by atomic mass is 9.91.